The lowest BCUT2D eigenvalue weighted by Gasteiger charge is -2.18. The third kappa shape index (κ3) is 57.2. The van der Waals surface area contributed by atoms with E-state index >= 15 is 0 Å². The number of esters is 3. The van der Waals surface area contributed by atoms with Crippen molar-refractivity contribution in [1.82, 2.24) is 0 Å². The summed E-state index contributed by atoms with van der Waals surface area (Å²) in [7, 11) is 0. The van der Waals surface area contributed by atoms with Gasteiger partial charge in [0.05, 0.1) is 0 Å². The summed E-state index contributed by atoms with van der Waals surface area (Å²) in [5.41, 5.74) is 0. The summed E-state index contributed by atoms with van der Waals surface area (Å²) in [5, 5.41) is 0. The van der Waals surface area contributed by atoms with Gasteiger partial charge < -0.3 is 14.2 Å². The Bertz CT molecular complexity index is 1430. The van der Waals surface area contributed by atoms with Crippen LogP contribution in [-0.4, -0.2) is 37.2 Å². The number of allylic oxidation sites excluding steroid dienone is 16. The maximum Gasteiger partial charge on any atom is 0.306 e. The molecule has 0 aliphatic rings. The van der Waals surface area contributed by atoms with Crippen LogP contribution in [0.1, 0.15) is 284 Å². The lowest BCUT2D eigenvalue weighted by atomic mass is 10.0. The van der Waals surface area contributed by atoms with Crippen molar-refractivity contribution < 1.29 is 28.6 Å². The fourth-order valence-electron chi connectivity index (χ4n) is 8.33. The molecule has 0 bridgehead atoms. The first-order valence-corrected chi connectivity index (χ1v) is 30.2. The van der Waals surface area contributed by atoms with Crippen molar-refractivity contribution >= 4 is 17.9 Å². The molecule has 0 heterocycles. The van der Waals surface area contributed by atoms with Crippen LogP contribution < -0.4 is 0 Å². The van der Waals surface area contributed by atoms with Gasteiger partial charge in [-0.3, -0.25) is 14.4 Å². The molecule has 0 aromatic carbocycles. The standard InChI is InChI=1S/C66H112O6/c1-4-7-10-13-16-19-22-24-26-27-28-29-30-31-32-33-34-35-36-37-38-39-41-42-44-47-50-53-56-59-65(68)71-62-63(61-70-64(67)58-55-52-49-46-21-18-15-12-9-6-3)72-66(69)60-57-54-51-48-45-43-40-25-23-20-17-14-11-8-5-2/h7-8,10-12,15-17,19-20,24-26,28-29,40,63H,4-6,9,13-14,18,21-23,27,30-39,41-62H2,1-3H3/b10-7-,11-8-,15-12-,19-16-,20-17-,26-24-,29-28-,40-25-. The van der Waals surface area contributed by atoms with Crippen molar-refractivity contribution in [2.24, 2.45) is 0 Å². The Kier molecular flexibility index (Phi) is 56.8. The number of carbonyl (C=O) groups excluding carboxylic acids is 3. The van der Waals surface area contributed by atoms with E-state index in [1.165, 1.54) is 109 Å². The number of rotatable bonds is 54. The Morgan fingerprint density at radius 1 is 0.292 bits per heavy atom. The first-order chi connectivity index (χ1) is 35.5. The van der Waals surface area contributed by atoms with Gasteiger partial charge in [-0.15, -0.1) is 0 Å². The van der Waals surface area contributed by atoms with Crippen LogP contribution in [0.4, 0.5) is 0 Å². The summed E-state index contributed by atoms with van der Waals surface area (Å²) in [5.74, 6) is -0.909. The van der Waals surface area contributed by atoms with Crippen LogP contribution in [0.5, 0.6) is 0 Å². The van der Waals surface area contributed by atoms with Gasteiger partial charge in [0.25, 0.3) is 0 Å². The van der Waals surface area contributed by atoms with E-state index in [2.05, 4.69) is 118 Å². The fourth-order valence-corrected chi connectivity index (χ4v) is 8.33. The van der Waals surface area contributed by atoms with Crippen LogP contribution in [-0.2, 0) is 28.6 Å². The second-order valence-corrected chi connectivity index (χ2v) is 19.8. The van der Waals surface area contributed by atoms with Crippen molar-refractivity contribution in [1.29, 1.82) is 0 Å². The number of ether oxygens (including phenoxy) is 3. The molecule has 0 aliphatic heterocycles. The van der Waals surface area contributed by atoms with Crippen molar-refractivity contribution in [2.45, 2.75) is 290 Å². The van der Waals surface area contributed by atoms with Gasteiger partial charge in [-0.05, 0) is 109 Å². The van der Waals surface area contributed by atoms with E-state index in [-0.39, 0.29) is 31.1 Å². The molecule has 0 saturated heterocycles. The first kappa shape index (κ1) is 68.3. The SMILES string of the molecule is CC/C=C\C/C=C\C/C=C\C/C=C\CCCCCCCCCCCCCCCCCCC(=O)OCC(COC(=O)CCCCCCC/C=C\CCC)OC(=O)CCCCCCC/C=C\C/C=C\C/C=C\CC. The topological polar surface area (TPSA) is 78.9 Å². The quantitative estimate of drug-likeness (QED) is 0.0261. The van der Waals surface area contributed by atoms with E-state index in [1.807, 2.05) is 0 Å². The smallest absolute Gasteiger partial charge is 0.306 e. The summed E-state index contributed by atoms with van der Waals surface area (Å²) >= 11 is 0. The van der Waals surface area contributed by atoms with Gasteiger partial charge in [-0.2, -0.15) is 0 Å². The third-order valence-corrected chi connectivity index (χ3v) is 12.8. The molecule has 0 rings (SSSR count). The first-order valence-electron chi connectivity index (χ1n) is 30.2. The molecule has 0 fully saturated rings. The van der Waals surface area contributed by atoms with Crippen LogP contribution in [0.2, 0.25) is 0 Å². The zero-order valence-electron chi connectivity index (χ0n) is 47.2. The van der Waals surface area contributed by atoms with Gasteiger partial charge in [-0.25, -0.2) is 0 Å². The highest BCUT2D eigenvalue weighted by Gasteiger charge is 2.19. The van der Waals surface area contributed by atoms with Gasteiger partial charge >= 0.3 is 17.9 Å². The van der Waals surface area contributed by atoms with E-state index in [1.54, 1.807) is 0 Å². The molecule has 0 N–H and O–H groups in total. The summed E-state index contributed by atoms with van der Waals surface area (Å²) in [6.07, 6.45) is 80.0. The molecule has 412 valence electrons. The summed E-state index contributed by atoms with van der Waals surface area (Å²) in [4.78, 5) is 38.1. The Morgan fingerprint density at radius 3 is 0.861 bits per heavy atom. The summed E-state index contributed by atoms with van der Waals surface area (Å²) in [6, 6.07) is 0. The number of hydrogen-bond donors (Lipinski definition) is 0. The molecular formula is C66H112O6. The Hall–Kier alpha value is -3.67. The van der Waals surface area contributed by atoms with Crippen molar-refractivity contribution in [2.75, 3.05) is 13.2 Å². The zero-order valence-corrected chi connectivity index (χ0v) is 47.2. The van der Waals surface area contributed by atoms with Crippen LogP contribution in [0, 0.1) is 0 Å². The largest absolute Gasteiger partial charge is 0.462 e. The second kappa shape index (κ2) is 59.9. The maximum absolute atomic E-state index is 12.8. The minimum absolute atomic E-state index is 0.0858. The van der Waals surface area contributed by atoms with Crippen LogP contribution >= 0.6 is 0 Å². The van der Waals surface area contributed by atoms with Crippen LogP contribution in [0.15, 0.2) is 97.2 Å². The Labute approximate surface area is 445 Å². The van der Waals surface area contributed by atoms with E-state index in [0.29, 0.717) is 19.3 Å². The minimum Gasteiger partial charge on any atom is -0.462 e. The van der Waals surface area contributed by atoms with Gasteiger partial charge in [0.2, 0.25) is 0 Å². The van der Waals surface area contributed by atoms with Gasteiger partial charge in [-0.1, -0.05) is 253 Å². The highest BCUT2D eigenvalue weighted by molar-refractivity contribution is 5.71. The average molecular weight is 1000 g/mol. The predicted octanol–water partition coefficient (Wildman–Crippen LogP) is 20.5. The predicted molar refractivity (Wildman–Crippen MR) is 311 cm³/mol. The minimum atomic E-state index is -0.789. The third-order valence-electron chi connectivity index (χ3n) is 12.8. The van der Waals surface area contributed by atoms with E-state index in [4.69, 9.17) is 14.2 Å². The van der Waals surface area contributed by atoms with Gasteiger partial charge in [0.1, 0.15) is 13.2 Å². The molecule has 72 heavy (non-hydrogen) atoms. The lowest BCUT2D eigenvalue weighted by molar-refractivity contribution is -0.167. The molecule has 0 aliphatic carbocycles. The summed E-state index contributed by atoms with van der Waals surface area (Å²) < 4.78 is 16.8. The molecule has 0 spiro atoms. The van der Waals surface area contributed by atoms with Gasteiger partial charge in [0.15, 0.2) is 6.10 Å². The number of carbonyl (C=O) groups is 3. The fraction of sp³-hybridized carbons (Fsp3) is 0.712. The molecule has 0 saturated carbocycles. The number of hydrogen-bond acceptors (Lipinski definition) is 6. The Balaban J connectivity index is 4.17. The van der Waals surface area contributed by atoms with E-state index < -0.39 is 6.10 Å². The molecule has 0 aromatic rings. The monoisotopic (exact) mass is 1000 g/mol. The zero-order chi connectivity index (χ0) is 52.2. The van der Waals surface area contributed by atoms with E-state index in [9.17, 15) is 14.4 Å². The maximum atomic E-state index is 12.8. The van der Waals surface area contributed by atoms with Crippen molar-refractivity contribution in [3.05, 3.63) is 97.2 Å². The molecular weight excluding hydrogens is 889 g/mol. The van der Waals surface area contributed by atoms with Gasteiger partial charge in [0, 0.05) is 19.3 Å². The van der Waals surface area contributed by atoms with Crippen LogP contribution in [0.25, 0.3) is 0 Å². The average Bonchev–Trinajstić information content (AvgIpc) is 3.38. The highest BCUT2D eigenvalue weighted by atomic mass is 16.6. The molecule has 0 amide bonds. The molecule has 0 radical (unpaired) electrons. The summed E-state index contributed by atoms with van der Waals surface area (Å²) in [6.45, 7) is 6.34. The normalized spacial score (nSPS) is 12.8. The molecule has 1 atom stereocenters. The second-order valence-electron chi connectivity index (χ2n) is 19.8. The molecule has 1 unspecified atom stereocenters. The Morgan fingerprint density at radius 2 is 0.542 bits per heavy atom. The highest BCUT2D eigenvalue weighted by Crippen LogP contribution is 2.16. The lowest BCUT2D eigenvalue weighted by Crippen LogP contribution is -2.30. The van der Waals surface area contributed by atoms with Crippen molar-refractivity contribution in [3.8, 4) is 0 Å². The van der Waals surface area contributed by atoms with E-state index in [0.717, 1.165) is 135 Å². The molecule has 6 heteroatoms. The number of unbranched alkanes of at least 4 members (excludes halogenated alkanes) is 27. The molecule has 6 nitrogen and oxygen atoms in total. The van der Waals surface area contributed by atoms with Crippen LogP contribution in [0.3, 0.4) is 0 Å². The van der Waals surface area contributed by atoms with Crippen molar-refractivity contribution in [3.63, 3.8) is 0 Å². The molecule has 0 aromatic heterocycles.